The lowest BCUT2D eigenvalue weighted by Gasteiger charge is -2.32. The molecule has 148 valence electrons. The van der Waals surface area contributed by atoms with Crippen LogP contribution in [0.5, 0.6) is 0 Å². The van der Waals surface area contributed by atoms with Crippen molar-refractivity contribution in [3.8, 4) is 0 Å². The summed E-state index contributed by atoms with van der Waals surface area (Å²) in [7, 11) is 0. The molecule has 2 aliphatic rings. The topological polar surface area (TPSA) is 35.6 Å². The average molecular weight is 369 g/mol. The molecule has 0 unspecified atom stereocenters. The Balaban J connectivity index is 1.73. The molecule has 0 N–H and O–H groups in total. The standard InChI is InChI=1S/C23H36N4/c1-14(2)18-9-7-16(5)20-11-24-26(22(18)20)13-27-23-19(15(3)4)10-8-17(6)21(23)12-25-27/h11-12,14-19H,7-10,13H2,1-6H3/t16-,17-,18-,19+/m1/s1. The fraction of sp³-hybridized carbons (Fsp3) is 0.739. The van der Waals surface area contributed by atoms with Gasteiger partial charge in [-0.25, -0.2) is 9.36 Å². The number of fused-ring (bicyclic) bond motifs is 2. The lowest BCUT2D eigenvalue weighted by atomic mass is 9.76. The predicted octanol–water partition coefficient (Wildman–Crippen LogP) is 5.86. The van der Waals surface area contributed by atoms with Crippen LogP contribution in [0.1, 0.15) is 113 Å². The number of nitrogens with zero attached hydrogens (tertiary/aromatic N) is 4. The lowest BCUT2D eigenvalue weighted by Crippen LogP contribution is -2.25. The molecular formula is C23H36N4. The van der Waals surface area contributed by atoms with E-state index in [0.717, 1.165) is 6.67 Å². The van der Waals surface area contributed by atoms with Gasteiger partial charge in [-0.1, -0.05) is 41.5 Å². The van der Waals surface area contributed by atoms with Gasteiger partial charge in [0.05, 0.1) is 12.4 Å². The zero-order chi connectivity index (χ0) is 19.3. The van der Waals surface area contributed by atoms with E-state index in [9.17, 15) is 0 Å². The van der Waals surface area contributed by atoms with Crippen molar-refractivity contribution in [3.63, 3.8) is 0 Å². The first kappa shape index (κ1) is 18.8. The van der Waals surface area contributed by atoms with Gasteiger partial charge >= 0.3 is 0 Å². The van der Waals surface area contributed by atoms with Gasteiger partial charge in [0.25, 0.3) is 0 Å². The van der Waals surface area contributed by atoms with Crippen LogP contribution in [0.4, 0.5) is 0 Å². The molecule has 4 rings (SSSR count). The quantitative estimate of drug-likeness (QED) is 0.677. The Labute approximate surface area is 164 Å². The van der Waals surface area contributed by atoms with Gasteiger partial charge in [-0.15, -0.1) is 0 Å². The second-order valence-corrected chi connectivity index (χ2v) is 9.77. The van der Waals surface area contributed by atoms with Crippen LogP contribution in [-0.2, 0) is 6.67 Å². The lowest BCUT2D eigenvalue weighted by molar-refractivity contribution is 0.348. The van der Waals surface area contributed by atoms with Crippen LogP contribution in [0, 0.1) is 11.8 Å². The van der Waals surface area contributed by atoms with Crippen LogP contribution >= 0.6 is 0 Å². The molecule has 27 heavy (non-hydrogen) atoms. The number of rotatable bonds is 4. The van der Waals surface area contributed by atoms with Crippen molar-refractivity contribution in [3.05, 3.63) is 34.9 Å². The van der Waals surface area contributed by atoms with E-state index in [0.29, 0.717) is 35.5 Å². The minimum Gasteiger partial charge on any atom is -0.247 e. The second kappa shape index (κ2) is 7.10. The summed E-state index contributed by atoms with van der Waals surface area (Å²) in [5.41, 5.74) is 5.88. The third kappa shape index (κ3) is 3.15. The molecule has 0 fully saturated rings. The zero-order valence-corrected chi connectivity index (χ0v) is 17.9. The van der Waals surface area contributed by atoms with Gasteiger partial charge in [0, 0.05) is 23.2 Å². The molecule has 2 aliphatic carbocycles. The van der Waals surface area contributed by atoms with Gasteiger partial charge in [0.2, 0.25) is 0 Å². The van der Waals surface area contributed by atoms with Crippen LogP contribution in [0.3, 0.4) is 0 Å². The SMILES string of the molecule is CC(C)[C@@H]1CC[C@@H](C)c2cnn(Cn3ncc4c3[C@@H](C(C)C)CC[C@H]4C)c21. The Kier molecular flexibility index (Phi) is 4.94. The fourth-order valence-electron chi connectivity index (χ4n) is 5.48. The molecule has 0 saturated carbocycles. The van der Waals surface area contributed by atoms with E-state index in [-0.39, 0.29) is 0 Å². The van der Waals surface area contributed by atoms with E-state index in [1.54, 1.807) is 0 Å². The largest absolute Gasteiger partial charge is 0.247 e. The van der Waals surface area contributed by atoms with Crippen molar-refractivity contribution in [2.24, 2.45) is 11.8 Å². The summed E-state index contributed by atoms with van der Waals surface area (Å²) in [6.45, 7) is 14.9. The summed E-state index contributed by atoms with van der Waals surface area (Å²) in [5, 5.41) is 9.70. The highest BCUT2D eigenvalue weighted by Crippen LogP contribution is 2.44. The maximum absolute atomic E-state index is 4.85. The van der Waals surface area contributed by atoms with Crippen molar-refractivity contribution in [2.75, 3.05) is 0 Å². The maximum atomic E-state index is 4.85. The van der Waals surface area contributed by atoms with Crippen LogP contribution in [-0.4, -0.2) is 19.6 Å². The average Bonchev–Trinajstić information content (AvgIpc) is 3.22. The second-order valence-electron chi connectivity index (χ2n) is 9.77. The van der Waals surface area contributed by atoms with Crippen LogP contribution < -0.4 is 0 Å². The van der Waals surface area contributed by atoms with E-state index in [2.05, 4.69) is 63.3 Å². The number of hydrogen-bond donors (Lipinski definition) is 0. The Morgan fingerprint density at radius 3 is 1.56 bits per heavy atom. The smallest absolute Gasteiger partial charge is 0.133 e. The monoisotopic (exact) mass is 368 g/mol. The number of aromatic nitrogens is 4. The van der Waals surface area contributed by atoms with Crippen LogP contribution in [0.2, 0.25) is 0 Å². The highest BCUT2D eigenvalue weighted by molar-refractivity contribution is 5.31. The molecule has 4 heteroatoms. The Bertz CT molecular complexity index is 731. The van der Waals surface area contributed by atoms with Crippen molar-refractivity contribution in [2.45, 2.75) is 97.6 Å². The first-order valence-corrected chi connectivity index (χ1v) is 11.0. The summed E-state index contributed by atoms with van der Waals surface area (Å²) in [5.74, 6) is 3.79. The third-order valence-corrected chi connectivity index (χ3v) is 7.28. The molecule has 0 radical (unpaired) electrons. The first-order chi connectivity index (χ1) is 12.9. The van der Waals surface area contributed by atoms with Gasteiger partial charge < -0.3 is 0 Å². The molecule has 0 spiro atoms. The van der Waals surface area contributed by atoms with E-state index in [1.807, 2.05) is 0 Å². The molecule has 4 nitrogen and oxygen atoms in total. The summed E-state index contributed by atoms with van der Waals surface area (Å²) < 4.78 is 4.53. The van der Waals surface area contributed by atoms with Gasteiger partial charge in [0.15, 0.2) is 0 Å². The van der Waals surface area contributed by atoms with E-state index in [4.69, 9.17) is 10.2 Å². The molecule has 2 heterocycles. The zero-order valence-electron chi connectivity index (χ0n) is 17.9. The number of hydrogen-bond acceptors (Lipinski definition) is 2. The van der Waals surface area contributed by atoms with E-state index >= 15 is 0 Å². The Morgan fingerprint density at radius 1 is 0.778 bits per heavy atom. The molecule has 0 bridgehead atoms. The predicted molar refractivity (Wildman–Crippen MR) is 110 cm³/mol. The Morgan fingerprint density at radius 2 is 1.19 bits per heavy atom. The van der Waals surface area contributed by atoms with E-state index in [1.165, 1.54) is 48.2 Å². The van der Waals surface area contributed by atoms with Crippen molar-refractivity contribution in [1.82, 2.24) is 19.6 Å². The summed E-state index contributed by atoms with van der Waals surface area (Å²) >= 11 is 0. The molecule has 4 atom stereocenters. The minimum absolute atomic E-state index is 0.616. The van der Waals surface area contributed by atoms with Crippen LogP contribution in [0.15, 0.2) is 12.4 Å². The first-order valence-electron chi connectivity index (χ1n) is 11.0. The van der Waals surface area contributed by atoms with Gasteiger partial charge in [-0.3, -0.25) is 0 Å². The Hall–Kier alpha value is -1.58. The summed E-state index contributed by atoms with van der Waals surface area (Å²) in [4.78, 5) is 0. The van der Waals surface area contributed by atoms with Crippen LogP contribution in [0.25, 0.3) is 0 Å². The van der Waals surface area contributed by atoms with E-state index < -0.39 is 0 Å². The highest BCUT2D eigenvalue weighted by Gasteiger charge is 2.33. The third-order valence-electron chi connectivity index (χ3n) is 7.28. The van der Waals surface area contributed by atoms with Crippen molar-refractivity contribution >= 4 is 0 Å². The molecule has 2 aromatic heterocycles. The highest BCUT2D eigenvalue weighted by atomic mass is 15.4. The molecule has 2 aromatic rings. The fourth-order valence-corrected chi connectivity index (χ4v) is 5.48. The summed E-state index contributed by atoms with van der Waals surface area (Å²) in [6.07, 6.45) is 9.39. The van der Waals surface area contributed by atoms with Gasteiger partial charge in [-0.2, -0.15) is 10.2 Å². The minimum atomic E-state index is 0.616. The molecular weight excluding hydrogens is 332 g/mol. The van der Waals surface area contributed by atoms with Gasteiger partial charge in [-0.05, 0) is 60.5 Å². The molecule has 0 amide bonds. The van der Waals surface area contributed by atoms with Gasteiger partial charge in [0.1, 0.15) is 6.67 Å². The summed E-state index contributed by atoms with van der Waals surface area (Å²) in [6, 6.07) is 0. The van der Waals surface area contributed by atoms with Crippen molar-refractivity contribution < 1.29 is 0 Å². The molecule has 0 aliphatic heterocycles. The normalized spacial score (nSPS) is 27.9. The molecule has 0 aromatic carbocycles. The molecule has 0 saturated heterocycles. The van der Waals surface area contributed by atoms with Crippen molar-refractivity contribution in [1.29, 1.82) is 0 Å². The maximum Gasteiger partial charge on any atom is 0.133 e.